The van der Waals surface area contributed by atoms with Crippen molar-refractivity contribution in [2.45, 2.75) is 19.9 Å². The van der Waals surface area contributed by atoms with Crippen LogP contribution < -0.4 is 4.90 Å². The van der Waals surface area contributed by atoms with Crippen molar-refractivity contribution in [2.75, 3.05) is 4.90 Å². The van der Waals surface area contributed by atoms with Gasteiger partial charge in [0, 0.05) is 11.6 Å². The van der Waals surface area contributed by atoms with Crippen LogP contribution in [0.25, 0.3) is 5.76 Å². The predicted octanol–water partition coefficient (Wildman–Crippen LogP) is 3.62. The molecule has 2 heterocycles. The minimum Gasteiger partial charge on any atom is -0.508 e. The lowest BCUT2D eigenvalue weighted by Gasteiger charge is -2.23. The van der Waals surface area contributed by atoms with Crippen LogP contribution in [-0.2, 0) is 9.59 Å². The van der Waals surface area contributed by atoms with E-state index in [0.717, 1.165) is 5.56 Å². The Hall–Kier alpha value is -3.87. The lowest BCUT2D eigenvalue weighted by molar-refractivity contribution is -0.132. The molecular weight excluding hydrogens is 372 g/mol. The summed E-state index contributed by atoms with van der Waals surface area (Å²) in [4.78, 5) is 27.0. The number of phenols is 1. The lowest BCUT2D eigenvalue weighted by atomic mass is 9.95. The number of phenolic OH excluding ortho intramolecular Hbond substituents is 1. The number of aromatic hydroxyl groups is 1. The zero-order chi connectivity index (χ0) is 20.7. The van der Waals surface area contributed by atoms with Crippen LogP contribution in [0.2, 0.25) is 0 Å². The van der Waals surface area contributed by atoms with Gasteiger partial charge < -0.3 is 14.7 Å². The van der Waals surface area contributed by atoms with Crippen molar-refractivity contribution in [3.63, 3.8) is 0 Å². The van der Waals surface area contributed by atoms with Crippen LogP contribution in [-0.4, -0.2) is 27.1 Å². The third kappa shape index (κ3) is 3.16. The number of aryl methyl sites for hydroxylation is 2. The molecule has 0 unspecified atom stereocenters. The molecule has 0 aliphatic carbocycles. The van der Waals surface area contributed by atoms with Crippen LogP contribution in [0, 0.1) is 13.8 Å². The highest BCUT2D eigenvalue weighted by Gasteiger charge is 2.48. The van der Waals surface area contributed by atoms with Crippen molar-refractivity contribution in [3.8, 4) is 5.75 Å². The molecule has 0 bridgehead atoms. The summed E-state index contributed by atoms with van der Waals surface area (Å²) in [5.74, 6) is -1.37. The third-order valence-electron chi connectivity index (χ3n) is 4.82. The van der Waals surface area contributed by atoms with Crippen molar-refractivity contribution in [2.24, 2.45) is 0 Å². The van der Waals surface area contributed by atoms with E-state index < -0.39 is 17.7 Å². The maximum atomic E-state index is 12.9. The quantitative estimate of drug-likeness (QED) is 0.402. The van der Waals surface area contributed by atoms with E-state index in [-0.39, 0.29) is 22.9 Å². The largest absolute Gasteiger partial charge is 0.508 e. The van der Waals surface area contributed by atoms with Gasteiger partial charge >= 0.3 is 5.91 Å². The number of rotatable bonds is 3. The molecule has 1 amide bonds. The highest BCUT2D eigenvalue weighted by molar-refractivity contribution is 6.51. The van der Waals surface area contributed by atoms with Gasteiger partial charge in [-0.15, -0.1) is 0 Å². The molecule has 1 atom stereocenters. The van der Waals surface area contributed by atoms with Gasteiger partial charge in [0.25, 0.3) is 5.78 Å². The zero-order valence-electron chi connectivity index (χ0n) is 15.8. The summed E-state index contributed by atoms with van der Waals surface area (Å²) < 4.78 is 5.08. The average molecular weight is 390 g/mol. The van der Waals surface area contributed by atoms with Gasteiger partial charge in [0.05, 0.1) is 11.6 Å². The number of Topliss-reactive ketones (excluding diaryl/α,β-unsaturated/α-hetero) is 1. The van der Waals surface area contributed by atoms with Gasteiger partial charge in [-0.25, -0.2) is 0 Å². The number of carbonyl (C=O) groups excluding carboxylic acids is 2. The summed E-state index contributed by atoms with van der Waals surface area (Å²) in [7, 11) is 0. The molecule has 1 aromatic heterocycles. The van der Waals surface area contributed by atoms with E-state index >= 15 is 0 Å². The monoisotopic (exact) mass is 390 g/mol. The molecule has 29 heavy (non-hydrogen) atoms. The average Bonchev–Trinajstić information content (AvgIpc) is 3.23. The Labute approximate surface area is 166 Å². The van der Waals surface area contributed by atoms with Crippen LogP contribution in [0.5, 0.6) is 5.75 Å². The van der Waals surface area contributed by atoms with E-state index in [1.807, 2.05) is 6.92 Å². The number of ketones is 1. The van der Waals surface area contributed by atoms with E-state index in [9.17, 15) is 19.8 Å². The number of carbonyl (C=O) groups is 2. The summed E-state index contributed by atoms with van der Waals surface area (Å²) in [6, 6.07) is 13.7. The number of aliphatic hydroxyl groups is 1. The van der Waals surface area contributed by atoms with Gasteiger partial charge in [-0.1, -0.05) is 47.1 Å². The summed E-state index contributed by atoms with van der Waals surface area (Å²) in [5.41, 5.74) is 1.78. The van der Waals surface area contributed by atoms with Crippen LogP contribution in [0.4, 0.5) is 5.82 Å². The standard InChI is InChI=1S/C22H18N2O5/c1-12-6-8-14(9-7-12)20(26)18-19(15-4-3-5-16(25)11-15)24(22(28)21(18)27)17-10-13(2)29-23-17/h3-11,19,25-26H,1-2H3/b20-18+/t19-/m0/s1. The predicted molar refractivity (Wildman–Crippen MR) is 105 cm³/mol. The van der Waals surface area contributed by atoms with Crippen LogP contribution in [0.1, 0.15) is 28.5 Å². The molecule has 2 N–H and O–H groups in total. The second-order valence-electron chi connectivity index (χ2n) is 6.93. The van der Waals surface area contributed by atoms with Gasteiger partial charge in [-0.05, 0) is 31.5 Å². The van der Waals surface area contributed by atoms with E-state index in [1.54, 1.807) is 43.3 Å². The van der Waals surface area contributed by atoms with E-state index in [1.165, 1.54) is 23.1 Å². The number of aliphatic hydroxyl groups excluding tert-OH is 1. The third-order valence-corrected chi connectivity index (χ3v) is 4.82. The Balaban J connectivity index is 1.95. The van der Waals surface area contributed by atoms with Crippen molar-refractivity contribution in [3.05, 3.63) is 82.6 Å². The molecule has 0 radical (unpaired) electrons. The molecule has 0 saturated carbocycles. The number of aromatic nitrogens is 1. The van der Waals surface area contributed by atoms with Crippen molar-refractivity contribution >= 4 is 23.3 Å². The number of amides is 1. The Morgan fingerprint density at radius 1 is 1.07 bits per heavy atom. The summed E-state index contributed by atoms with van der Waals surface area (Å²) in [5, 5.41) is 24.8. The molecule has 146 valence electrons. The van der Waals surface area contributed by atoms with Crippen molar-refractivity contribution in [1.29, 1.82) is 0 Å². The van der Waals surface area contributed by atoms with E-state index in [4.69, 9.17) is 4.52 Å². The minimum absolute atomic E-state index is 0.0280. The van der Waals surface area contributed by atoms with Gasteiger partial charge in [0.1, 0.15) is 17.3 Å². The molecular formula is C22H18N2O5. The molecule has 1 fully saturated rings. The van der Waals surface area contributed by atoms with Crippen LogP contribution in [0.3, 0.4) is 0 Å². The zero-order valence-corrected chi connectivity index (χ0v) is 15.8. The fourth-order valence-electron chi connectivity index (χ4n) is 3.41. The molecule has 1 aliphatic rings. The molecule has 0 spiro atoms. The fraction of sp³-hybridized carbons (Fsp3) is 0.136. The Morgan fingerprint density at radius 2 is 1.79 bits per heavy atom. The second kappa shape index (κ2) is 6.94. The SMILES string of the molecule is Cc1ccc(/C(O)=C2\C(=O)C(=O)N(c3cc(C)on3)[C@H]2c2cccc(O)c2)cc1. The molecule has 1 saturated heterocycles. The first-order valence-corrected chi connectivity index (χ1v) is 8.97. The van der Waals surface area contributed by atoms with Crippen LogP contribution >= 0.6 is 0 Å². The first-order chi connectivity index (χ1) is 13.9. The number of hydrogen-bond acceptors (Lipinski definition) is 6. The Morgan fingerprint density at radius 3 is 2.41 bits per heavy atom. The summed E-state index contributed by atoms with van der Waals surface area (Å²) >= 11 is 0. The number of anilines is 1. The van der Waals surface area contributed by atoms with Gasteiger partial charge in [0.2, 0.25) is 0 Å². The second-order valence-corrected chi connectivity index (χ2v) is 6.93. The first-order valence-electron chi connectivity index (χ1n) is 8.97. The molecule has 3 aromatic rings. The molecule has 7 heteroatoms. The Kier molecular flexibility index (Phi) is 4.43. The smallest absolute Gasteiger partial charge is 0.301 e. The Bertz CT molecular complexity index is 1140. The van der Waals surface area contributed by atoms with E-state index in [2.05, 4.69) is 5.16 Å². The lowest BCUT2D eigenvalue weighted by Crippen LogP contribution is -2.29. The van der Waals surface area contributed by atoms with Gasteiger partial charge in [-0.2, -0.15) is 0 Å². The normalized spacial score (nSPS) is 18.4. The minimum atomic E-state index is -0.965. The number of benzene rings is 2. The summed E-state index contributed by atoms with van der Waals surface area (Å²) in [6.45, 7) is 3.57. The van der Waals surface area contributed by atoms with Crippen LogP contribution in [0.15, 0.2) is 64.7 Å². The van der Waals surface area contributed by atoms with Gasteiger partial charge in [-0.3, -0.25) is 14.5 Å². The maximum Gasteiger partial charge on any atom is 0.301 e. The topological polar surface area (TPSA) is 104 Å². The van der Waals surface area contributed by atoms with Gasteiger partial charge in [0.15, 0.2) is 5.82 Å². The maximum absolute atomic E-state index is 12.9. The molecule has 7 nitrogen and oxygen atoms in total. The van der Waals surface area contributed by atoms with Crippen molar-refractivity contribution in [1.82, 2.24) is 5.16 Å². The van der Waals surface area contributed by atoms with Crippen molar-refractivity contribution < 1.29 is 24.3 Å². The number of hydrogen-bond donors (Lipinski definition) is 2. The molecule has 1 aliphatic heterocycles. The summed E-state index contributed by atoms with van der Waals surface area (Å²) in [6.07, 6.45) is 0. The number of nitrogens with zero attached hydrogens (tertiary/aromatic N) is 2. The highest BCUT2D eigenvalue weighted by atomic mass is 16.5. The molecule has 4 rings (SSSR count). The van der Waals surface area contributed by atoms with E-state index in [0.29, 0.717) is 16.9 Å². The fourth-order valence-corrected chi connectivity index (χ4v) is 3.41. The highest BCUT2D eigenvalue weighted by Crippen LogP contribution is 2.42. The first kappa shape index (κ1) is 18.5. The molecule has 2 aromatic carbocycles.